The van der Waals surface area contributed by atoms with E-state index >= 15 is 0 Å². The fourth-order valence-corrected chi connectivity index (χ4v) is 3.50. The molecular formula is C20H21N5O. The zero-order valence-corrected chi connectivity index (χ0v) is 14.7. The fraction of sp³-hybridized carbons (Fsp3) is 0.300. The van der Waals surface area contributed by atoms with Crippen LogP contribution in [0.1, 0.15) is 23.3 Å². The van der Waals surface area contributed by atoms with Gasteiger partial charge in [0.2, 0.25) is 0 Å². The first-order valence-corrected chi connectivity index (χ1v) is 8.85. The van der Waals surface area contributed by atoms with Crippen LogP contribution in [0, 0.1) is 0 Å². The number of amides is 1. The maximum absolute atomic E-state index is 12.8. The number of hydrogen-bond acceptors (Lipinski definition) is 5. The highest BCUT2D eigenvalue weighted by Crippen LogP contribution is 2.27. The molecule has 0 aromatic carbocycles. The predicted octanol–water partition coefficient (Wildman–Crippen LogP) is 2.52. The molecule has 1 amide bonds. The minimum absolute atomic E-state index is 0.126. The second-order valence-electron chi connectivity index (χ2n) is 6.76. The first-order chi connectivity index (χ1) is 12.7. The molecule has 1 fully saturated rings. The number of nitrogens with one attached hydrogen (secondary N) is 1. The Balaban J connectivity index is 1.70. The van der Waals surface area contributed by atoms with Crippen molar-refractivity contribution in [1.29, 1.82) is 0 Å². The molecule has 4 heterocycles. The molecule has 4 rings (SSSR count). The Morgan fingerprint density at radius 2 is 2.00 bits per heavy atom. The Morgan fingerprint density at radius 3 is 2.81 bits per heavy atom. The Hall–Kier alpha value is -2.86. The van der Waals surface area contributed by atoms with Crippen molar-refractivity contribution in [1.82, 2.24) is 25.2 Å². The molecular weight excluding hydrogens is 326 g/mol. The average Bonchev–Trinajstić information content (AvgIpc) is 2.68. The van der Waals surface area contributed by atoms with Crippen molar-refractivity contribution < 1.29 is 4.79 Å². The van der Waals surface area contributed by atoms with Crippen LogP contribution in [0.4, 0.5) is 0 Å². The Bertz CT molecular complexity index is 928. The van der Waals surface area contributed by atoms with Gasteiger partial charge in [-0.05, 0) is 61.8 Å². The van der Waals surface area contributed by atoms with Gasteiger partial charge in [-0.25, -0.2) is 4.98 Å². The summed E-state index contributed by atoms with van der Waals surface area (Å²) in [5.41, 5.74) is 3.13. The highest BCUT2D eigenvalue weighted by Gasteiger charge is 2.21. The Morgan fingerprint density at radius 1 is 1.19 bits per heavy atom. The summed E-state index contributed by atoms with van der Waals surface area (Å²) in [6.07, 6.45) is 9.08. The van der Waals surface area contributed by atoms with E-state index in [9.17, 15) is 4.79 Å². The molecule has 1 aliphatic rings. The number of pyridine rings is 3. The fourth-order valence-electron chi connectivity index (χ4n) is 3.50. The second-order valence-corrected chi connectivity index (χ2v) is 6.76. The monoisotopic (exact) mass is 347 g/mol. The molecule has 1 atom stereocenters. The predicted molar refractivity (Wildman–Crippen MR) is 101 cm³/mol. The molecule has 1 saturated heterocycles. The standard InChI is InChI=1S/C20H21N5O/c1-25-10-2-3-15(13-25)23-20(26)19-11-16(14-4-7-21-8-5-14)17-12-22-9-6-18(17)24-19/h4-9,11-12,15H,2-3,10,13H2,1H3,(H,23,26)/t15-/m1/s1. The summed E-state index contributed by atoms with van der Waals surface area (Å²) < 4.78 is 0. The number of hydrogen-bond donors (Lipinski definition) is 1. The van der Waals surface area contributed by atoms with E-state index in [2.05, 4.69) is 32.2 Å². The van der Waals surface area contributed by atoms with Crippen molar-refractivity contribution in [3.05, 3.63) is 54.7 Å². The van der Waals surface area contributed by atoms with Crippen LogP contribution in [0.15, 0.2) is 49.1 Å². The van der Waals surface area contributed by atoms with Gasteiger partial charge in [-0.2, -0.15) is 0 Å². The van der Waals surface area contributed by atoms with E-state index in [1.807, 2.05) is 24.3 Å². The highest BCUT2D eigenvalue weighted by atomic mass is 16.1. The number of fused-ring (bicyclic) bond motifs is 1. The Kier molecular flexibility index (Phi) is 4.58. The summed E-state index contributed by atoms with van der Waals surface area (Å²) in [5, 5.41) is 4.06. The molecule has 6 heteroatoms. The first-order valence-electron chi connectivity index (χ1n) is 8.85. The van der Waals surface area contributed by atoms with Crippen LogP contribution in [0.2, 0.25) is 0 Å². The molecule has 3 aromatic heterocycles. The molecule has 0 aliphatic carbocycles. The van der Waals surface area contributed by atoms with Gasteiger partial charge >= 0.3 is 0 Å². The van der Waals surface area contributed by atoms with Crippen molar-refractivity contribution in [3.8, 4) is 11.1 Å². The van der Waals surface area contributed by atoms with Crippen LogP contribution in [0.3, 0.4) is 0 Å². The maximum atomic E-state index is 12.8. The van der Waals surface area contributed by atoms with Gasteiger partial charge in [0.05, 0.1) is 5.52 Å². The number of rotatable bonds is 3. The largest absolute Gasteiger partial charge is 0.347 e. The van der Waals surface area contributed by atoms with Crippen molar-refractivity contribution in [2.75, 3.05) is 20.1 Å². The van der Waals surface area contributed by atoms with E-state index in [0.29, 0.717) is 5.69 Å². The van der Waals surface area contributed by atoms with Crippen molar-refractivity contribution in [2.45, 2.75) is 18.9 Å². The average molecular weight is 347 g/mol. The van der Waals surface area contributed by atoms with Gasteiger partial charge in [-0.3, -0.25) is 14.8 Å². The second kappa shape index (κ2) is 7.17. The first kappa shape index (κ1) is 16.6. The zero-order chi connectivity index (χ0) is 17.9. The number of likely N-dealkylation sites (tertiary alicyclic amines) is 1. The van der Waals surface area contributed by atoms with Gasteiger partial charge in [0.25, 0.3) is 5.91 Å². The van der Waals surface area contributed by atoms with Crippen molar-refractivity contribution in [3.63, 3.8) is 0 Å². The van der Waals surface area contributed by atoms with Crippen LogP contribution in [-0.4, -0.2) is 51.9 Å². The summed E-state index contributed by atoms with van der Waals surface area (Å²) in [6, 6.07) is 7.71. The number of carbonyl (C=O) groups excluding carboxylic acids is 1. The minimum atomic E-state index is -0.126. The summed E-state index contributed by atoms with van der Waals surface area (Å²) in [7, 11) is 2.08. The zero-order valence-electron chi connectivity index (χ0n) is 14.7. The summed E-state index contributed by atoms with van der Waals surface area (Å²) >= 11 is 0. The number of likely N-dealkylation sites (N-methyl/N-ethyl adjacent to an activating group) is 1. The van der Waals surface area contributed by atoms with Gasteiger partial charge in [-0.1, -0.05) is 0 Å². The summed E-state index contributed by atoms with van der Waals surface area (Å²) in [6.45, 7) is 1.96. The van der Waals surface area contributed by atoms with Gasteiger partial charge in [-0.15, -0.1) is 0 Å². The van der Waals surface area contributed by atoms with Crippen LogP contribution in [0.5, 0.6) is 0 Å². The number of piperidine rings is 1. The lowest BCUT2D eigenvalue weighted by molar-refractivity contribution is 0.0908. The Labute approximate surface area is 152 Å². The molecule has 0 radical (unpaired) electrons. The molecule has 26 heavy (non-hydrogen) atoms. The molecule has 0 saturated carbocycles. The molecule has 0 spiro atoms. The van der Waals surface area contributed by atoms with E-state index in [0.717, 1.165) is 48.0 Å². The maximum Gasteiger partial charge on any atom is 0.270 e. The summed E-state index contributed by atoms with van der Waals surface area (Å²) in [4.78, 5) is 27.9. The number of carbonyl (C=O) groups is 1. The van der Waals surface area contributed by atoms with Gasteiger partial charge < -0.3 is 10.2 Å². The molecule has 0 bridgehead atoms. The van der Waals surface area contributed by atoms with Crippen LogP contribution in [0.25, 0.3) is 22.0 Å². The molecule has 6 nitrogen and oxygen atoms in total. The van der Waals surface area contributed by atoms with Crippen LogP contribution in [-0.2, 0) is 0 Å². The van der Waals surface area contributed by atoms with Crippen LogP contribution >= 0.6 is 0 Å². The molecule has 0 unspecified atom stereocenters. The van der Waals surface area contributed by atoms with E-state index in [1.54, 1.807) is 24.8 Å². The van der Waals surface area contributed by atoms with E-state index in [1.165, 1.54) is 0 Å². The van der Waals surface area contributed by atoms with Crippen molar-refractivity contribution in [2.24, 2.45) is 0 Å². The number of nitrogens with zero attached hydrogens (tertiary/aromatic N) is 4. The minimum Gasteiger partial charge on any atom is -0.347 e. The number of aromatic nitrogens is 3. The van der Waals surface area contributed by atoms with E-state index in [-0.39, 0.29) is 11.9 Å². The topological polar surface area (TPSA) is 71.0 Å². The lowest BCUT2D eigenvalue weighted by atomic mass is 10.0. The van der Waals surface area contributed by atoms with Gasteiger partial charge in [0.15, 0.2) is 0 Å². The molecule has 1 aliphatic heterocycles. The van der Waals surface area contributed by atoms with Gasteiger partial charge in [0.1, 0.15) is 5.69 Å². The lowest BCUT2D eigenvalue weighted by Gasteiger charge is -2.30. The van der Waals surface area contributed by atoms with E-state index < -0.39 is 0 Å². The third-order valence-electron chi connectivity index (χ3n) is 4.79. The third-order valence-corrected chi connectivity index (χ3v) is 4.79. The van der Waals surface area contributed by atoms with E-state index in [4.69, 9.17) is 0 Å². The lowest BCUT2D eigenvalue weighted by Crippen LogP contribution is -2.46. The van der Waals surface area contributed by atoms with Crippen molar-refractivity contribution >= 4 is 16.8 Å². The van der Waals surface area contributed by atoms with Crippen LogP contribution < -0.4 is 5.32 Å². The SMILES string of the molecule is CN1CCC[C@@H](NC(=O)c2cc(-c3ccncc3)c3cnccc3n2)C1. The van der Waals surface area contributed by atoms with Gasteiger partial charge in [0, 0.05) is 42.8 Å². The molecule has 1 N–H and O–H groups in total. The third kappa shape index (κ3) is 3.41. The summed E-state index contributed by atoms with van der Waals surface area (Å²) in [5.74, 6) is -0.126. The quantitative estimate of drug-likeness (QED) is 0.788. The smallest absolute Gasteiger partial charge is 0.270 e. The molecule has 3 aromatic rings. The normalized spacial score (nSPS) is 18.0. The highest BCUT2D eigenvalue weighted by molar-refractivity contribution is 6.01. The molecule has 132 valence electrons.